The van der Waals surface area contributed by atoms with Crippen LogP contribution in [0.4, 0.5) is 17.6 Å². The van der Waals surface area contributed by atoms with E-state index in [1.165, 1.54) is 0 Å². The minimum absolute atomic E-state index is 0.450. The molecule has 0 bridgehead atoms. The molecule has 0 aromatic heterocycles. The third-order valence-corrected chi connectivity index (χ3v) is 3.57. The second-order valence-electron chi connectivity index (χ2n) is 3.66. The molecule has 0 aliphatic carbocycles. The van der Waals surface area contributed by atoms with Crippen LogP contribution in [0, 0.1) is 23.3 Å². The maximum absolute atomic E-state index is 13.4. The SMILES string of the molecule is O=S(=O)(Oc1ccc(F)c(F)c1)c1c(F)cccc1F. The van der Waals surface area contributed by atoms with Crippen LogP contribution in [0.3, 0.4) is 0 Å². The zero-order valence-corrected chi connectivity index (χ0v) is 10.4. The highest BCUT2D eigenvalue weighted by Gasteiger charge is 2.26. The molecule has 3 nitrogen and oxygen atoms in total. The van der Waals surface area contributed by atoms with Gasteiger partial charge < -0.3 is 4.18 Å². The molecular weight excluding hydrogens is 300 g/mol. The van der Waals surface area contributed by atoms with E-state index in [-0.39, 0.29) is 0 Å². The first-order valence-corrected chi connectivity index (χ1v) is 6.55. The smallest absolute Gasteiger partial charge is 0.345 e. The van der Waals surface area contributed by atoms with Gasteiger partial charge in [-0.1, -0.05) is 6.07 Å². The Balaban J connectivity index is 2.43. The fourth-order valence-corrected chi connectivity index (χ4v) is 2.47. The van der Waals surface area contributed by atoms with Gasteiger partial charge in [-0.05, 0) is 24.3 Å². The maximum atomic E-state index is 13.4. The summed E-state index contributed by atoms with van der Waals surface area (Å²) in [6.07, 6.45) is 0. The van der Waals surface area contributed by atoms with E-state index in [4.69, 9.17) is 0 Å². The van der Waals surface area contributed by atoms with Gasteiger partial charge in [-0.2, -0.15) is 8.42 Å². The van der Waals surface area contributed by atoms with Gasteiger partial charge in [0.1, 0.15) is 17.4 Å². The monoisotopic (exact) mass is 306 g/mol. The van der Waals surface area contributed by atoms with Crippen molar-refractivity contribution in [1.29, 1.82) is 0 Å². The molecule has 20 heavy (non-hydrogen) atoms. The second-order valence-corrected chi connectivity index (χ2v) is 5.15. The summed E-state index contributed by atoms with van der Waals surface area (Å²) in [6, 6.07) is 4.31. The van der Waals surface area contributed by atoms with Gasteiger partial charge in [0.2, 0.25) is 0 Å². The molecule has 0 N–H and O–H groups in total. The van der Waals surface area contributed by atoms with Crippen LogP contribution in [0.15, 0.2) is 41.3 Å². The average Bonchev–Trinajstić information content (AvgIpc) is 2.33. The lowest BCUT2D eigenvalue weighted by molar-refractivity contribution is 0.453. The predicted octanol–water partition coefficient (Wildman–Crippen LogP) is 3.01. The number of benzene rings is 2. The fraction of sp³-hybridized carbons (Fsp3) is 0. The van der Waals surface area contributed by atoms with Gasteiger partial charge in [0.15, 0.2) is 16.5 Å². The topological polar surface area (TPSA) is 43.4 Å². The van der Waals surface area contributed by atoms with E-state index < -0.39 is 44.0 Å². The Labute approximate surface area is 111 Å². The maximum Gasteiger partial charge on any atom is 0.345 e. The van der Waals surface area contributed by atoms with Gasteiger partial charge in [0.25, 0.3) is 0 Å². The van der Waals surface area contributed by atoms with E-state index in [2.05, 4.69) is 4.18 Å². The summed E-state index contributed by atoms with van der Waals surface area (Å²) in [7, 11) is -4.84. The molecule has 0 saturated heterocycles. The summed E-state index contributed by atoms with van der Waals surface area (Å²) in [5.74, 6) is -5.88. The lowest BCUT2D eigenvalue weighted by Crippen LogP contribution is -2.14. The lowest BCUT2D eigenvalue weighted by Gasteiger charge is -2.08. The molecule has 0 fully saturated rings. The van der Waals surface area contributed by atoms with Crippen LogP contribution in [0.25, 0.3) is 0 Å². The van der Waals surface area contributed by atoms with E-state index in [9.17, 15) is 26.0 Å². The van der Waals surface area contributed by atoms with Crippen molar-refractivity contribution in [2.75, 3.05) is 0 Å². The summed E-state index contributed by atoms with van der Waals surface area (Å²) in [5, 5.41) is 0. The molecule has 0 unspecified atom stereocenters. The average molecular weight is 306 g/mol. The first-order chi connectivity index (χ1) is 9.31. The van der Waals surface area contributed by atoms with Crippen LogP contribution in [0.2, 0.25) is 0 Å². The van der Waals surface area contributed by atoms with Crippen molar-refractivity contribution < 1.29 is 30.2 Å². The summed E-state index contributed by atoms with van der Waals surface area (Å²) >= 11 is 0. The third kappa shape index (κ3) is 2.74. The van der Waals surface area contributed by atoms with Gasteiger partial charge in [-0.25, -0.2) is 17.6 Å². The Bertz CT molecular complexity index is 739. The van der Waals surface area contributed by atoms with E-state index in [0.29, 0.717) is 12.1 Å². The number of hydrogen-bond acceptors (Lipinski definition) is 3. The highest BCUT2D eigenvalue weighted by molar-refractivity contribution is 7.87. The zero-order valence-electron chi connectivity index (χ0n) is 9.61. The highest BCUT2D eigenvalue weighted by atomic mass is 32.2. The normalized spacial score (nSPS) is 11.4. The van der Waals surface area contributed by atoms with Crippen molar-refractivity contribution in [3.63, 3.8) is 0 Å². The molecule has 0 atom stereocenters. The molecule has 0 amide bonds. The summed E-state index contributed by atoms with van der Waals surface area (Å²) in [6.45, 7) is 0. The Kier molecular flexibility index (Phi) is 3.67. The van der Waals surface area contributed by atoms with Crippen molar-refractivity contribution in [3.8, 4) is 5.75 Å². The van der Waals surface area contributed by atoms with Crippen molar-refractivity contribution in [1.82, 2.24) is 0 Å². The quantitative estimate of drug-likeness (QED) is 0.647. The van der Waals surface area contributed by atoms with Crippen LogP contribution in [0.1, 0.15) is 0 Å². The molecule has 0 spiro atoms. The van der Waals surface area contributed by atoms with Gasteiger partial charge in [0.05, 0.1) is 0 Å². The summed E-state index contributed by atoms with van der Waals surface area (Å²) in [5.41, 5.74) is 0. The third-order valence-electron chi connectivity index (χ3n) is 2.27. The molecule has 2 aromatic rings. The van der Waals surface area contributed by atoms with Crippen LogP contribution >= 0.6 is 0 Å². The number of halogens is 4. The van der Waals surface area contributed by atoms with Gasteiger partial charge in [0, 0.05) is 6.07 Å². The Morgan fingerprint density at radius 1 is 0.800 bits per heavy atom. The van der Waals surface area contributed by atoms with Crippen LogP contribution in [-0.4, -0.2) is 8.42 Å². The number of rotatable bonds is 3. The van der Waals surface area contributed by atoms with E-state index in [0.717, 1.165) is 24.3 Å². The largest absolute Gasteiger partial charge is 0.379 e. The van der Waals surface area contributed by atoms with Crippen LogP contribution in [0.5, 0.6) is 5.75 Å². The minimum Gasteiger partial charge on any atom is -0.379 e. The molecule has 0 heterocycles. The Hall–Kier alpha value is -2.09. The van der Waals surface area contributed by atoms with Crippen LogP contribution < -0.4 is 4.18 Å². The van der Waals surface area contributed by atoms with Gasteiger partial charge in [-0.3, -0.25) is 0 Å². The van der Waals surface area contributed by atoms with Crippen LogP contribution in [-0.2, 0) is 10.1 Å². The van der Waals surface area contributed by atoms with Crippen molar-refractivity contribution in [3.05, 3.63) is 59.7 Å². The van der Waals surface area contributed by atoms with Gasteiger partial charge in [-0.15, -0.1) is 0 Å². The molecule has 8 heteroatoms. The summed E-state index contributed by atoms with van der Waals surface area (Å²) < 4.78 is 80.1. The molecule has 2 rings (SSSR count). The lowest BCUT2D eigenvalue weighted by atomic mass is 10.3. The minimum atomic E-state index is -4.84. The van der Waals surface area contributed by atoms with Crippen molar-refractivity contribution in [2.45, 2.75) is 4.90 Å². The Morgan fingerprint density at radius 2 is 1.40 bits per heavy atom. The van der Waals surface area contributed by atoms with Crippen molar-refractivity contribution >= 4 is 10.1 Å². The molecular formula is C12H6F4O3S. The highest BCUT2D eigenvalue weighted by Crippen LogP contribution is 2.24. The standard InChI is InChI=1S/C12H6F4O3S/c13-8-5-4-7(6-11(8)16)19-20(17,18)12-9(14)2-1-3-10(12)15/h1-6H. The van der Waals surface area contributed by atoms with E-state index in [1.807, 2.05) is 0 Å². The Morgan fingerprint density at radius 3 is 1.95 bits per heavy atom. The van der Waals surface area contributed by atoms with E-state index >= 15 is 0 Å². The molecule has 0 saturated carbocycles. The molecule has 0 radical (unpaired) electrons. The fourth-order valence-electron chi connectivity index (χ4n) is 1.42. The molecule has 2 aromatic carbocycles. The van der Waals surface area contributed by atoms with E-state index in [1.54, 1.807) is 0 Å². The molecule has 106 valence electrons. The predicted molar refractivity (Wildman–Crippen MR) is 60.5 cm³/mol. The number of hydrogen-bond donors (Lipinski definition) is 0. The molecule has 0 aliphatic heterocycles. The zero-order chi connectivity index (χ0) is 14.9. The first kappa shape index (κ1) is 14.3. The summed E-state index contributed by atoms with van der Waals surface area (Å²) in [4.78, 5) is -1.30. The van der Waals surface area contributed by atoms with Crippen molar-refractivity contribution in [2.24, 2.45) is 0 Å². The second kappa shape index (κ2) is 5.12. The molecule has 0 aliphatic rings. The first-order valence-electron chi connectivity index (χ1n) is 5.15. The van der Waals surface area contributed by atoms with Gasteiger partial charge >= 0.3 is 10.1 Å².